The molecule has 3 aromatic heterocycles. The van der Waals surface area contributed by atoms with Gasteiger partial charge in [-0.15, -0.1) is 0 Å². The maximum atomic E-state index is 12.7. The number of ketones is 1. The predicted molar refractivity (Wildman–Crippen MR) is 113 cm³/mol. The van der Waals surface area contributed by atoms with Gasteiger partial charge in [0.25, 0.3) is 0 Å². The van der Waals surface area contributed by atoms with Crippen LogP contribution in [0.5, 0.6) is 0 Å². The molecule has 0 bridgehead atoms. The highest BCUT2D eigenvalue weighted by atomic mass is 16.3. The summed E-state index contributed by atoms with van der Waals surface area (Å²) in [5, 5.41) is 4.15. The number of furan rings is 1. The third-order valence-corrected chi connectivity index (χ3v) is 5.53. The lowest BCUT2D eigenvalue weighted by atomic mass is 9.84. The molecule has 30 heavy (non-hydrogen) atoms. The van der Waals surface area contributed by atoms with Crippen LogP contribution in [-0.4, -0.2) is 25.7 Å². The Bertz CT molecular complexity index is 1280. The van der Waals surface area contributed by atoms with E-state index in [9.17, 15) is 4.79 Å². The van der Waals surface area contributed by atoms with Crippen molar-refractivity contribution in [3.05, 3.63) is 70.6 Å². The Morgan fingerprint density at radius 1 is 0.967 bits per heavy atom. The first-order chi connectivity index (χ1) is 14.5. The molecule has 7 heteroatoms. The Morgan fingerprint density at radius 3 is 2.57 bits per heavy atom. The molecule has 1 aromatic carbocycles. The minimum atomic E-state index is -0.00967. The summed E-state index contributed by atoms with van der Waals surface area (Å²) in [5.41, 5.74) is 4.93. The fourth-order valence-corrected chi connectivity index (χ4v) is 4.11. The van der Waals surface area contributed by atoms with Gasteiger partial charge in [-0.1, -0.05) is 11.6 Å². The summed E-state index contributed by atoms with van der Waals surface area (Å²) in [4.78, 5) is 31.0. The highest BCUT2D eigenvalue weighted by Gasteiger charge is 2.31. The Balaban J connectivity index is 1.50. The van der Waals surface area contributed by atoms with Crippen LogP contribution in [0.1, 0.15) is 51.1 Å². The van der Waals surface area contributed by atoms with Crippen molar-refractivity contribution in [3.8, 4) is 0 Å². The molecule has 3 heterocycles. The molecule has 150 valence electrons. The quantitative estimate of drug-likeness (QED) is 0.538. The average molecular weight is 399 g/mol. The molecule has 1 aliphatic carbocycles. The minimum absolute atomic E-state index is 0.00967. The second-order valence-corrected chi connectivity index (χ2v) is 7.78. The number of hydrogen-bond acceptors (Lipinski definition) is 7. The Labute approximate surface area is 173 Å². The molecule has 0 radical (unpaired) electrons. The molecule has 0 saturated heterocycles. The monoisotopic (exact) mass is 399 g/mol. The van der Waals surface area contributed by atoms with Gasteiger partial charge < -0.3 is 4.42 Å². The number of aryl methyl sites for hydroxylation is 3. The largest absolute Gasteiger partial charge is 0.469 e. The molecule has 4 aromatic rings. The van der Waals surface area contributed by atoms with Gasteiger partial charge >= 0.3 is 0 Å². The summed E-state index contributed by atoms with van der Waals surface area (Å²) in [6.45, 7) is 5.85. The summed E-state index contributed by atoms with van der Waals surface area (Å²) >= 11 is 0. The van der Waals surface area contributed by atoms with E-state index in [-0.39, 0.29) is 11.7 Å². The summed E-state index contributed by atoms with van der Waals surface area (Å²) in [6.07, 6.45) is 2.67. The van der Waals surface area contributed by atoms with Gasteiger partial charge in [0, 0.05) is 24.1 Å². The van der Waals surface area contributed by atoms with Crippen LogP contribution in [0.15, 0.2) is 41.0 Å². The van der Waals surface area contributed by atoms with Crippen molar-refractivity contribution in [2.75, 3.05) is 5.32 Å². The minimum Gasteiger partial charge on any atom is -0.469 e. The number of hydrogen-bond donors (Lipinski definition) is 1. The van der Waals surface area contributed by atoms with Gasteiger partial charge in [-0.05, 0) is 45.0 Å². The molecular weight excluding hydrogens is 378 g/mol. The molecule has 0 fully saturated rings. The normalized spacial score (nSPS) is 16.0. The van der Waals surface area contributed by atoms with Gasteiger partial charge in [-0.3, -0.25) is 10.1 Å². The van der Waals surface area contributed by atoms with E-state index in [0.29, 0.717) is 36.0 Å². The second kappa shape index (κ2) is 7.02. The molecule has 1 aliphatic rings. The lowest BCUT2D eigenvalue weighted by molar-refractivity contribution is 0.0958. The number of anilines is 2. The molecule has 1 N–H and O–H groups in total. The molecule has 0 saturated carbocycles. The topological polar surface area (TPSA) is 93.8 Å². The van der Waals surface area contributed by atoms with Gasteiger partial charge in [-0.2, -0.15) is 0 Å². The molecule has 1 atom stereocenters. The van der Waals surface area contributed by atoms with Crippen molar-refractivity contribution in [1.29, 1.82) is 0 Å². The number of carbonyl (C=O) groups is 1. The molecule has 1 unspecified atom stereocenters. The molecule has 0 amide bonds. The van der Waals surface area contributed by atoms with Crippen LogP contribution in [0, 0.1) is 20.8 Å². The van der Waals surface area contributed by atoms with E-state index in [0.717, 1.165) is 28.1 Å². The third kappa shape index (κ3) is 3.22. The van der Waals surface area contributed by atoms with E-state index in [4.69, 9.17) is 4.42 Å². The van der Waals surface area contributed by atoms with Gasteiger partial charge in [0.1, 0.15) is 5.76 Å². The molecule has 5 rings (SSSR count). The summed E-state index contributed by atoms with van der Waals surface area (Å²) < 4.78 is 5.52. The third-order valence-electron chi connectivity index (χ3n) is 5.53. The van der Waals surface area contributed by atoms with Gasteiger partial charge in [0.05, 0.1) is 34.4 Å². The number of nitrogens with one attached hydrogen (secondary N) is 1. The van der Waals surface area contributed by atoms with Crippen LogP contribution in [0.25, 0.3) is 10.9 Å². The van der Waals surface area contributed by atoms with Crippen LogP contribution >= 0.6 is 0 Å². The van der Waals surface area contributed by atoms with Crippen LogP contribution in [0.2, 0.25) is 0 Å². The number of aromatic nitrogens is 4. The fraction of sp³-hybridized carbons (Fsp3) is 0.261. The zero-order valence-electron chi connectivity index (χ0n) is 17.1. The number of fused-ring (bicyclic) bond motifs is 2. The van der Waals surface area contributed by atoms with Gasteiger partial charge in [0.15, 0.2) is 5.78 Å². The molecule has 0 spiro atoms. The predicted octanol–water partition coefficient (Wildman–Crippen LogP) is 4.59. The fourth-order valence-electron chi connectivity index (χ4n) is 4.11. The standard InChI is InChI=1S/C23H21N5O2/c1-12-6-7-17-16(9-12)13(2)24-22(26-17)28-23-25-14(3)21-18(27-23)10-15(11-19(21)29)20-5-4-8-30-20/h4-9,15H,10-11H2,1-3H3,(H,24,25,26,27,28). The van der Waals surface area contributed by atoms with E-state index in [1.54, 1.807) is 6.26 Å². The maximum absolute atomic E-state index is 12.7. The summed E-state index contributed by atoms with van der Waals surface area (Å²) in [5.74, 6) is 1.68. The van der Waals surface area contributed by atoms with Gasteiger partial charge in [0.2, 0.25) is 11.9 Å². The highest BCUT2D eigenvalue weighted by Crippen LogP contribution is 2.33. The summed E-state index contributed by atoms with van der Waals surface area (Å²) in [7, 11) is 0. The smallest absolute Gasteiger partial charge is 0.230 e. The van der Waals surface area contributed by atoms with Crippen molar-refractivity contribution >= 4 is 28.6 Å². The van der Waals surface area contributed by atoms with E-state index in [2.05, 4.69) is 31.3 Å². The van der Waals surface area contributed by atoms with Gasteiger partial charge in [-0.25, -0.2) is 19.9 Å². The molecule has 7 nitrogen and oxygen atoms in total. The zero-order valence-corrected chi connectivity index (χ0v) is 17.1. The average Bonchev–Trinajstić information content (AvgIpc) is 3.23. The van der Waals surface area contributed by atoms with Crippen LogP contribution in [-0.2, 0) is 6.42 Å². The molecular formula is C23H21N5O2. The molecule has 0 aliphatic heterocycles. The number of Topliss-reactive ketones (excluding diaryl/α,β-unsaturated/α-hetero) is 1. The second-order valence-electron chi connectivity index (χ2n) is 7.78. The zero-order chi connectivity index (χ0) is 20.8. The SMILES string of the molecule is Cc1ccc2nc(Nc3nc(C)c4c(n3)CC(c3ccco3)CC4=O)nc(C)c2c1. The number of nitrogens with zero attached hydrogens (tertiary/aromatic N) is 4. The van der Waals surface area contributed by atoms with Crippen LogP contribution in [0.3, 0.4) is 0 Å². The maximum Gasteiger partial charge on any atom is 0.230 e. The number of carbonyl (C=O) groups excluding carboxylic acids is 1. The summed E-state index contributed by atoms with van der Waals surface area (Å²) in [6, 6.07) is 9.83. The lowest BCUT2D eigenvalue weighted by Crippen LogP contribution is -2.22. The van der Waals surface area contributed by atoms with E-state index < -0.39 is 0 Å². The Kier molecular flexibility index (Phi) is 4.31. The van der Waals surface area contributed by atoms with E-state index in [1.807, 2.05) is 45.0 Å². The van der Waals surface area contributed by atoms with E-state index in [1.165, 1.54) is 5.56 Å². The first kappa shape index (κ1) is 18.4. The number of rotatable bonds is 3. The lowest BCUT2D eigenvalue weighted by Gasteiger charge is -2.22. The van der Waals surface area contributed by atoms with Crippen LogP contribution in [0.4, 0.5) is 11.9 Å². The highest BCUT2D eigenvalue weighted by molar-refractivity contribution is 5.99. The van der Waals surface area contributed by atoms with Crippen molar-refractivity contribution in [2.45, 2.75) is 39.5 Å². The first-order valence-electron chi connectivity index (χ1n) is 9.94. The van der Waals surface area contributed by atoms with Crippen LogP contribution < -0.4 is 5.32 Å². The van der Waals surface area contributed by atoms with E-state index >= 15 is 0 Å². The van der Waals surface area contributed by atoms with Crippen molar-refractivity contribution in [2.24, 2.45) is 0 Å². The van der Waals surface area contributed by atoms with Crippen molar-refractivity contribution in [3.63, 3.8) is 0 Å². The Morgan fingerprint density at radius 2 is 1.77 bits per heavy atom. The first-order valence-corrected chi connectivity index (χ1v) is 9.94. The van der Waals surface area contributed by atoms with Crippen molar-refractivity contribution < 1.29 is 9.21 Å². The Hall–Kier alpha value is -3.61. The number of benzene rings is 1. The van der Waals surface area contributed by atoms with Crippen molar-refractivity contribution in [1.82, 2.24) is 19.9 Å².